The lowest BCUT2D eigenvalue weighted by Gasteiger charge is -2.06. The van der Waals surface area contributed by atoms with Crippen molar-refractivity contribution in [1.82, 2.24) is 5.32 Å². The molecular formula is C12H20N2OS. The minimum atomic E-state index is 0.135. The highest BCUT2D eigenvalue weighted by Crippen LogP contribution is 2.05. The molecule has 90 valence electrons. The highest BCUT2D eigenvalue weighted by atomic mass is 32.1. The average molecular weight is 240 g/mol. The summed E-state index contributed by atoms with van der Waals surface area (Å²) in [6.07, 6.45) is 3.30. The number of thiophene rings is 1. The molecule has 1 unspecified atom stereocenters. The summed E-state index contributed by atoms with van der Waals surface area (Å²) in [6, 6.07) is 2.28. The van der Waals surface area contributed by atoms with Crippen molar-refractivity contribution in [2.45, 2.75) is 38.6 Å². The summed E-state index contributed by atoms with van der Waals surface area (Å²) in [5, 5.41) is 7.09. The van der Waals surface area contributed by atoms with Gasteiger partial charge in [-0.15, -0.1) is 0 Å². The van der Waals surface area contributed by atoms with Gasteiger partial charge < -0.3 is 11.1 Å². The van der Waals surface area contributed by atoms with Crippen molar-refractivity contribution >= 4 is 17.2 Å². The van der Waals surface area contributed by atoms with Crippen molar-refractivity contribution in [2.24, 2.45) is 5.73 Å². The van der Waals surface area contributed by atoms with E-state index in [0.717, 1.165) is 25.8 Å². The van der Waals surface area contributed by atoms with Crippen LogP contribution in [0.2, 0.25) is 0 Å². The Bertz CT molecular complexity index is 296. The van der Waals surface area contributed by atoms with Gasteiger partial charge in [0.2, 0.25) is 5.91 Å². The number of hydrogen-bond acceptors (Lipinski definition) is 3. The predicted octanol–water partition coefficient (Wildman–Crippen LogP) is 1.92. The van der Waals surface area contributed by atoms with Crippen LogP contribution in [0.1, 0.15) is 31.7 Å². The first-order valence-corrected chi connectivity index (χ1v) is 6.66. The molecule has 0 saturated carbocycles. The lowest BCUT2D eigenvalue weighted by molar-refractivity contribution is -0.121. The van der Waals surface area contributed by atoms with Gasteiger partial charge in [-0.05, 0) is 48.6 Å². The second-order valence-corrected chi connectivity index (χ2v) is 4.88. The van der Waals surface area contributed by atoms with Crippen LogP contribution in [0, 0.1) is 0 Å². The highest BCUT2D eigenvalue weighted by molar-refractivity contribution is 7.07. The van der Waals surface area contributed by atoms with Crippen LogP contribution in [0.4, 0.5) is 0 Å². The summed E-state index contributed by atoms with van der Waals surface area (Å²) in [4.78, 5) is 11.4. The lowest BCUT2D eigenvalue weighted by atomic mass is 10.1. The fourth-order valence-electron chi connectivity index (χ4n) is 1.45. The fourth-order valence-corrected chi connectivity index (χ4v) is 2.16. The van der Waals surface area contributed by atoms with Crippen LogP contribution in [0.15, 0.2) is 16.8 Å². The van der Waals surface area contributed by atoms with E-state index in [0.29, 0.717) is 6.42 Å². The Kier molecular flexibility index (Phi) is 6.11. The third-order valence-electron chi connectivity index (χ3n) is 2.38. The van der Waals surface area contributed by atoms with Crippen LogP contribution in [-0.4, -0.2) is 18.5 Å². The molecule has 0 bridgehead atoms. The summed E-state index contributed by atoms with van der Waals surface area (Å²) in [6.45, 7) is 2.70. The molecule has 0 radical (unpaired) electrons. The van der Waals surface area contributed by atoms with E-state index in [4.69, 9.17) is 5.73 Å². The molecule has 0 saturated heterocycles. The third-order valence-corrected chi connectivity index (χ3v) is 3.11. The standard InChI is InChI=1S/C12H20N2OS/c1-10(13)3-2-4-12(15)14-7-5-11-6-8-16-9-11/h6,8-10H,2-5,7,13H2,1H3,(H,14,15). The first-order chi connectivity index (χ1) is 7.68. The van der Waals surface area contributed by atoms with Gasteiger partial charge in [-0.25, -0.2) is 0 Å². The Morgan fingerprint density at radius 2 is 2.44 bits per heavy atom. The SMILES string of the molecule is CC(N)CCCC(=O)NCCc1ccsc1. The zero-order chi connectivity index (χ0) is 11.8. The maximum Gasteiger partial charge on any atom is 0.220 e. The third kappa shape index (κ3) is 5.88. The van der Waals surface area contributed by atoms with Crippen molar-refractivity contribution < 1.29 is 4.79 Å². The largest absolute Gasteiger partial charge is 0.356 e. The van der Waals surface area contributed by atoms with E-state index >= 15 is 0 Å². The van der Waals surface area contributed by atoms with E-state index in [1.165, 1.54) is 5.56 Å². The first-order valence-electron chi connectivity index (χ1n) is 5.72. The number of amides is 1. The van der Waals surface area contributed by atoms with Gasteiger partial charge in [-0.2, -0.15) is 11.3 Å². The minimum absolute atomic E-state index is 0.135. The molecule has 0 fully saturated rings. The average Bonchev–Trinajstić information content (AvgIpc) is 2.70. The quantitative estimate of drug-likeness (QED) is 0.765. The monoisotopic (exact) mass is 240 g/mol. The smallest absolute Gasteiger partial charge is 0.220 e. The van der Waals surface area contributed by atoms with Crippen molar-refractivity contribution in [3.63, 3.8) is 0 Å². The number of nitrogens with one attached hydrogen (secondary N) is 1. The highest BCUT2D eigenvalue weighted by Gasteiger charge is 2.02. The molecule has 4 heteroatoms. The normalized spacial score (nSPS) is 12.4. The van der Waals surface area contributed by atoms with Crippen molar-refractivity contribution in [3.05, 3.63) is 22.4 Å². The number of carbonyl (C=O) groups is 1. The molecule has 0 aliphatic heterocycles. The number of carbonyl (C=O) groups excluding carboxylic acids is 1. The first kappa shape index (κ1) is 13.2. The predicted molar refractivity (Wildman–Crippen MR) is 68.5 cm³/mol. The van der Waals surface area contributed by atoms with E-state index in [2.05, 4.69) is 22.1 Å². The van der Waals surface area contributed by atoms with Gasteiger partial charge >= 0.3 is 0 Å². The van der Waals surface area contributed by atoms with Crippen molar-refractivity contribution in [3.8, 4) is 0 Å². The second kappa shape index (κ2) is 7.41. The van der Waals surface area contributed by atoms with E-state index < -0.39 is 0 Å². The molecule has 0 spiro atoms. The molecule has 0 aromatic carbocycles. The molecule has 1 heterocycles. The summed E-state index contributed by atoms with van der Waals surface area (Å²) in [5.74, 6) is 0.135. The number of rotatable bonds is 7. The van der Waals surface area contributed by atoms with E-state index in [1.807, 2.05) is 6.92 Å². The van der Waals surface area contributed by atoms with Gasteiger partial charge in [0.25, 0.3) is 0 Å². The van der Waals surface area contributed by atoms with Crippen molar-refractivity contribution in [2.75, 3.05) is 6.54 Å². The molecular weight excluding hydrogens is 220 g/mol. The molecule has 1 atom stereocenters. The number of nitrogens with two attached hydrogens (primary N) is 1. The molecule has 0 aliphatic carbocycles. The van der Waals surface area contributed by atoms with Crippen LogP contribution in [-0.2, 0) is 11.2 Å². The zero-order valence-corrected chi connectivity index (χ0v) is 10.6. The van der Waals surface area contributed by atoms with Crippen LogP contribution >= 0.6 is 11.3 Å². The van der Waals surface area contributed by atoms with Crippen molar-refractivity contribution in [1.29, 1.82) is 0 Å². The van der Waals surface area contributed by atoms with Gasteiger partial charge in [0.1, 0.15) is 0 Å². The lowest BCUT2D eigenvalue weighted by Crippen LogP contribution is -2.25. The Balaban J connectivity index is 2.02. The zero-order valence-electron chi connectivity index (χ0n) is 9.74. The van der Waals surface area contributed by atoms with E-state index in [9.17, 15) is 4.79 Å². The molecule has 3 nitrogen and oxygen atoms in total. The van der Waals surface area contributed by atoms with Gasteiger partial charge in [0, 0.05) is 19.0 Å². The Morgan fingerprint density at radius 1 is 1.62 bits per heavy atom. The topological polar surface area (TPSA) is 55.1 Å². The molecule has 1 amide bonds. The van der Waals surface area contributed by atoms with Crippen LogP contribution in [0.3, 0.4) is 0 Å². The summed E-state index contributed by atoms with van der Waals surface area (Å²) in [7, 11) is 0. The molecule has 1 aromatic heterocycles. The molecule has 1 aromatic rings. The Hall–Kier alpha value is -0.870. The summed E-state index contributed by atoms with van der Waals surface area (Å²) in [5.41, 5.74) is 6.90. The van der Waals surface area contributed by atoms with E-state index in [1.54, 1.807) is 11.3 Å². The molecule has 16 heavy (non-hydrogen) atoms. The van der Waals surface area contributed by atoms with Gasteiger partial charge in [0.15, 0.2) is 0 Å². The van der Waals surface area contributed by atoms with E-state index in [-0.39, 0.29) is 11.9 Å². The van der Waals surface area contributed by atoms with Gasteiger partial charge in [-0.1, -0.05) is 0 Å². The van der Waals surface area contributed by atoms with Gasteiger partial charge in [0.05, 0.1) is 0 Å². The Labute approximate surface area is 101 Å². The Morgan fingerprint density at radius 3 is 3.06 bits per heavy atom. The van der Waals surface area contributed by atoms with Crippen LogP contribution < -0.4 is 11.1 Å². The second-order valence-electron chi connectivity index (χ2n) is 4.10. The van der Waals surface area contributed by atoms with Gasteiger partial charge in [-0.3, -0.25) is 4.79 Å². The molecule has 1 rings (SSSR count). The maximum absolute atomic E-state index is 11.4. The molecule has 0 aliphatic rings. The minimum Gasteiger partial charge on any atom is -0.356 e. The number of hydrogen-bond donors (Lipinski definition) is 2. The molecule has 3 N–H and O–H groups in total. The summed E-state index contributed by atoms with van der Waals surface area (Å²) < 4.78 is 0. The van der Waals surface area contributed by atoms with Crippen LogP contribution in [0.5, 0.6) is 0 Å². The summed E-state index contributed by atoms with van der Waals surface area (Å²) >= 11 is 1.69. The fraction of sp³-hybridized carbons (Fsp3) is 0.583. The van der Waals surface area contributed by atoms with Crippen LogP contribution in [0.25, 0.3) is 0 Å². The maximum atomic E-state index is 11.4.